The first kappa shape index (κ1) is 14.0. The van der Waals surface area contributed by atoms with Crippen molar-refractivity contribution in [2.75, 3.05) is 5.73 Å². The van der Waals surface area contributed by atoms with E-state index in [1.807, 2.05) is 0 Å². The maximum atomic E-state index is 13.3. The topological polar surface area (TPSA) is 64.9 Å². The van der Waals surface area contributed by atoms with Gasteiger partial charge >= 0.3 is 0 Å². The van der Waals surface area contributed by atoms with E-state index in [0.717, 1.165) is 0 Å². The third-order valence-electron chi connectivity index (χ3n) is 2.76. The maximum Gasteiger partial charge on any atom is 0.258 e. The van der Waals surface area contributed by atoms with Crippen LogP contribution >= 0.6 is 27.5 Å². The van der Waals surface area contributed by atoms with Crippen molar-refractivity contribution in [2.45, 2.75) is 0 Å². The molecule has 0 aliphatic rings. The molecule has 0 radical (unpaired) electrons. The van der Waals surface area contributed by atoms with Crippen LogP contribution in [0.2, 0.25) is 5.02 Å². The summed E-state index contributed by atoms with van der Waals surface area (Å²) in [5.74, 6) is 0.150. The van der Waals surface area contributed by atoms with E-state index in [1.165, 1.54) is 12.1 Å². The minimum Gasteiger partial charge on any atom is -0.399 e. The van der Waals surface area contributed by atoms with Crippen LogP contribution in [0.3, 0.4) is 0 Å². The van der Waals surface area contributed by atoms with Crippen LogP contribution in [0.5, 0.6) is 0 Å². The van der Waals surface area contributed by atoms with Crippen molar-refractivity contribution in [3.63, 3.8) is 0 Å². The number of rotatable bonds is 2. The highest BCUT2D eigenvalue weighted by Gasteiger charge is 2.14. The van der Waals surface area contributed by atoms with Crippen LogP contribution in [0.25, 0.3) is 22.8 Å². The number of anilines is 1. The van der Waals surface area contributed by atoms with E-state index in [0.29, 0.717) is 26.3 Å². The van der Waals surface area contributed by atoms with Gasteiger partial charge in [-0.15, -0.1) is 0 Å². The number of halogens is 3. The highest BCUT2D eigenvalue weighted by atomic mass is 79.9. The Kier molecular flexibility index (Phi) is 3.65. The van der Waals surface area contributed by atoms with Crippen LogP contribution in [0.1, 0.15) is 0 Å². The van der Waals surface area contributed by atoms with Gasteiger partial charge in [0, 0.05) is 26.3 Å². The quantitative estimate of drug-likeness (QED) is 0.674. The summed E-state index contributed by atoms with van der Waals surface area (Å²) in [5, 5.41) is 4.33. The first-order chi connectivity index (χ1) is 10.0. The second kappa shape index (κ2) is 5.46. The van der Waals surface area contributed by atoms with Crippen molar-refractivity contribution in [2.24, 2.45) is 0 Å². The summed E-state index contributed by atoms with van der Waals surface area (Å²) < 4.78 is 19.2. The second-order valence-electron chi connectivity index (χ2n) is 4.32. The lowest BCUT2D eigenvalue weighted by Crippen LogP contribution is -1.87. The average molecular weight is 369 g/mol. The Morgan fingerprint density at radius 2 is 2.00 bits per heavy atom. The largest absolute Gasteiger partial charge is 0.399 e. The Labute approximate surface area is 132 Å². The van der Waals surface area contributed by atoms with Crippen molar-refractivity contribution in [3.8, 4) is 22.8 Å². The van der Waals surface area contributed by atoms with Crippen LogP contribution in [0.15, 0.2) is 45.4 Å². The lowest BCUT2D eigenvalue weighted by molar-refractivity contribution is 0.432. The van der Waals surface area contributed by atoms with Gasteiger partial charge in [-0.1, -0.05) is 32.7 Å². The van der Waals surface area contributed by atoms with Gasteiger partial charge in [-0.05, 0) is 36.4 Å². The molecule has 0 amide bonds. The number of hydrogen-bond acceptors (Lipinski definition) is 4. The zero-order valence-electron chi connectivity index (χ0n) is 10.5. The number of nitrogens with zero attached hydrogens (tertiary/aromatic N) is 2. The number of nitrogens with two attached hydrogens (primary N) is 1. The first-order valence-electron chi connectivity index (χ1n) is 5.88. The Balaban J connectivity index is 2.05. The highest BCUT2D eigenvalue weighted by molar-refractivity contribution is 9.10. The molecule has 1 heterocycles. The molecule has 1 aromatic heterocycles. The Hall–Kier alpha value is -1.92. The second-order valence-corrected chi connectivity index (χ2v) is 5.61. The van der Waals surface area contributed by atoms with Crippen LogP contribution < -0.4 is 5.73 Å². The van der Waals surface area contributed by atoms with Gasteiger partial charge in [-0.25, -0.2) is 4.39 Å². The van der Waals surface area contributed by atoms with Gasteiger partial charge in [-0.2, -0.15) is 4.98 Å². The van der Waals surface area contributed by atoms with Gasteiger partial charge in [-0.3, -0.25) is 0 Å². The van der Waals surface area contributed by atoms with Gasteiger partial charge in [0.25, 0.3) is 5.89 Å². The summed E-state index contributed by atoms with van der Waals surface area (Å²) in [4.78, 5) is 4.25. The Bertz CT molecular complexity index is 801. The predicted molar refractivity (Wildman–Crippen MR) is 82.3 cm³/mol. The zero-order valence-corrected chi connectivity index (χ0v) is 12.8. The minimum absolute atomic E-state index is 0.260. The van der Waals surface area contributed by atoms with Gasteiger partial charge in [0.15, 0.2) is 0 Å². The monoisotopic (exact) mass is 367 g/mol. The van der Waals surface area contributed by atoms with E-state index in [9.17, 15) is 4.39 Å². The molecule has 21 heavy (non-hydrogen) atoms. The van der Waals surface area contributed by atoms with Gasteiger partial charge < -0.3 is 10.3 Å². The molecule has 3 rings (SSSR count). The summed E-state index contributed by atoms with van der Waals surface area (Å²) >= 11 is 9.27. The van der Waals surface area contributed by atoms with E-state index < -0.39 is 0 Å². The molecular formula is C14H8BrClFN3O. The molecule has 0 fully saturated rings. The zero-order chi connectivity index (χ0) is 15.0. The molecule has 0 saturated heterocycles. The molecule has 0 saturated carbocycles. The molecule has 7 heteroatoms. The van der Waals surface area contributed by atoms with Crippen molar-refractivity contribution >= 4 is 33.2 Å². The standard InChI is InChI=1S/C14H8BrClFN3O/c15-12-2-1-9(17)6-11(12)13-19-14(21-20-13)7-3-8(16)5-10(18)4-7/h1-6H,18H2. The molecule has 0 spiro atoms. The van der Waals surface area contributed by atoms with Crippen LogP contribution in [0.4, 0.5) is 10.1 Å². The molecule has 0 atom stereocenters. The normalized spacial score (nSPS) is 10.8. The molecule has 0 aliphatic carbocycles. The van der Waals surface area contributed by atoms with E-state index in [1.54, 1.807) is 24.3 Å². The Morgan fingerprint density at radius 3 is 2.76 bits per heavy atom. The van der Waals surface area contributed by atoms with Gasteiger partial charge in [0.2, 0.25) is 5.82 Å². The van der Waals surface area contributed by atoms with E-state index in [2.05, 4.69) is 26.1 Å². The van der Waals surface area contributed by atoms with Crippen molar-refractivity contribution < 1.29 is 8.91 Å². The molecular weight excluding hydrogens is 361 g/mol. The molecule has 106 valence electrons. The number of aromatic nitrogens is 2. The maximum absolute atomic E-state index is 13.3. The van der Waals surface area contributed by atoms with Crippen molar-refractivity contribution in [1.82, 2.24) is 10.1 Å². The number of nitrogen functional groups attached to an aromatic ring is 1. The molecule has 3 aromatic rings. The molecule has 2 aromatic carbocycles. The summed E-state index contributed by atoms with van der Waals surface area (Å²) in [7, 11) is 0. The third-order valence-corrected chi connectivity index (χ3v) is 3.67. The highest BCUT2D eigenvalue weighted by Crippen LogP contribution is 2.30. The summed E-state index contributed by atoms with van der Waals surface area (Å²) in [5.41, 5.74) is 7.32. The minimum atomic E-state index is -0.383. The smallest absolute Gasteiger partial charge is 0.258 e. The van der Waals surface area contributed by atoms with Crippen LogP contribution in [-0.2, 0) is 0 Å². The SMILES string of the molecule is Nc1cc(Cl)cc(-c2nc(-c3cc(F)ccc3Br)no2)c1. The summed E-state index contributed by atoms with van der Waals surface area (Å²) in [6, 6.07) is 9.19. The van der Waals surface area contributed by atoms with E-state index >= 15 is 0 Å². The van der Waals surface area contributed by atoms with E-state index in [-0.39, 0.29) is 17.5 Å². The predicted octanol–water partition coefficient (Wildman–Crippen LogP) is 4.54. The Morgan fingerprint density at radius 1 is 1.19 bits per heavy atom. The van der Waals surface area contributed by atoms with E-state index in [4.69, 9.17) is 21.9 Å². The molecule has 0 bridgehead atoms. The van der Waals surface area contributed by atoms with Crippen LogP contribution in [0, 0.1) is 5.82 Å². The van der Waals surface area contributed by atoms with Crippen molar-refractivity contribution in [3.05, 3.63) is 51.7 Å². The van der Waals surface area contributed by atoms with Crippen LogP contribution in [-0.4, -0.2) is 10.1 Å². The average Bonchev–Trinajstić information content (AvgIpc) is 2.90. The first-order valence-corrected chi connectivity index (χ1v) is 7.05. The van der Waals surface area contributed by atoms with Crippen molar-refractivity contribution in [1.29, 1.82) is 0 Å². The molecule has 4 nitrogen and oxygen atoms in total. The molecule has 0 unspecified atom stereocenters. The summed E-state index contributed by atoms with van der Waals surface area (Å²) in [6.45, 7) is 0. The summed E-state index contributed by atoms with van der Waals surface area (Å²) in [6.07, 6.45) is 0. The fourth-order valence-corrected chi connectivity index (χ4v) is 2.52. The molecule has 0 aliphatic heterocycles. The lowest BCUT2D eigenvalue weighted by Gasteiger charge is -1.99. The number of benzene rings is 2. The fraction of sp³-hybridized carbons (Fsp3) is 0. The van der Waals surface area contributed by atoms with Gasteiger partial charge in [0.05, 0.1) is 0 Å². The lowest BCUT2D eigenvalue weighted by atomic mass is 10.2. The third kappa shape index (κ3) is 2.91. The fourth-order valence-electron chi connectivity index (χ4n) is 1.85. The van der Waals surface area contributed by atoms with Gasteiger partial charge in [0.1, 0.15) is 5.82 Å². The number of hydrogen-bond donors (Lipinski definition) is 1. The molecule has 2 N–H and O–H groups in total.